The average Bonchev–Trinajstić information content (AvgIpc) is 2.99. The molecule has 1 fully saturated rings. The molecule has 1 saturated carbocycles. The van der Waals surface area contributed by atoms with E-state index in [1.54, 1.807) is 30.3 Å². The van der Waals surface area contributed by atoms with Crippen molar-refractivity contribution >= 4 is 58.8 Å². The van der Waals surface area contributed by atoms with Crippen molar-refractivity contribution in [3.63, 3.8) is 0 Å². The van der Waals surface area contributed by atoms with E-state index in [0.29, 0.717) is 10.6 Å². The summed E-state index contributed by atoms with van der Waals surface area (Å²) < 4.78 is 10.7. The Morgan fingerprint density at radius 1 is 0.881 bits per heavy atom. The molecule has 42 heavy (non-hydrogen) atoms. The molecule has 4 rings (SSSR count). The van der Waals surface area contributed by atoms with Gasteiger partial charge in [0, 0.05) is 6.04 Å². The molecule has 3 aromatic rings. The summed E-state index contributed by atoms with van der Waals surface area (Å²) in [6.45, 7) is 0. The van der Waals surface area contributed by atoms with E-state index in [1.165, 1.54) is 43.7 Å². The van der Waals surface area contributed by atoms with Gasteiger partial charge in [-0.3, -0.25) is 14.4 Å². The lowest BCUT2D eigenvalue weighted by molar-refractivity contribution is -0.136. The number of para-hydroxylation sites is 1. The van der Waals surface area contributed by atoms with Gasteiger partial charge in [-0.2, -0.15) is 5.10 Å². The molecular weight excluding hydrogens is 583 g/mol. The van der Waals surface area contributed by atoms with Crippen LogP contribution in [0.2, 0.25) is 10.0 Å². The van der Waals surface area contributed by atoms with Gasteiger partial charge in [0.1, 0.15) is 0 Å². The molecule has 0 aliphatic heterocycles. The molecule has 12 heteroatoms. The van der Waals surface area contributed by atoms with E-state index < -0.39 is 17.8 Å². The molecule has 0 heterocycles. The van der Waals surface area contributed by atoms with E-state index >= 15 is 0 Å². The maximum absolute atomic E-state index is 12.8. The zero-order chi connectivity index (χ0) is 30.1. The smallest absolute Gasteiger partial charge is 0.343 e. The molecule has 0 aromatic heterocycles. The van der Waals surface area contributed by atoms with Crippen LogP contribution >= 0.6 is 23.2 Å². The van der Waals surface area contributed by atoms with E-state index in [4.69, 9.17) is 32.7 Å². The Morgan fingerprint density at radius 2 is 1.64 bits per heavy atom. The van der Waals surface area contributed by atoms with Gasteiger partial charge in [0.15, 0.2) is 11.5 Å². The molecule has 0 radical (unpaired) electrons. The number of benzene rings is 3. The van der Waals surface area contributed by atoms with Crippen molar-refractivity contribution in [1.29, 1.82) is 0 Å². The van der Waals surface area contributed by atoms with Crippen LogP contribution in [-0.4, -0.2) is 43.1 Å². The first-order chi connectivity index (χ1) is 20.2. The highest BCUT2D eigenvalue weighted by molar-refractivity contribution is 6.42. The van der Waals surface area contributed by atoms with Crippen LogP contribution in [0.1, 0.15) is 58.4 Å². The Hall–Kier alpha value is -4.41. The predicted molar refractivity (Wildman–Crippen MR) is 160 cm³/mol. The highest BCUT2D eigenvalue weighted by atomic mass is 35.5. The number of halogens is 2. The minimum atomic E-state index is -1.03. The predicted octanol–water partition coefficient (Wildman–Crippen LogP) is 5.37. The Labute approximate surface area is 252 Å². The highest BCUT2D eigenvalue weighted by Crippen LogP contribution is 2.29. The molecule has 0 bridgehead atoms. The Morgan fingerprint density at radius 3 is 2.38 bits per heavy atom. The first kappa shape index (κ1) is 30.5. The van der Waals surface area contributed by atoms with Gasteiger partial charge in [-0.15, -0.1) is 0 Å². The van der Waals surface area contributed by atoms with Gasteiger partial charge >= 0.3 is 17.8 Å². The molecule has 10 nitrogen and oxygen atoms in total. The standard InChI is InChI=1S/C30H28Cl2N4O6/c1-41-26-15-18(11-14-25(26)42-30(40)19-12-13-22(31)23(32)16-19)17-33-36-29(39)28(38)35-24-10-6-5-9-21(24)27(37)34-20-7-3-2-4-8-20/h5-6,9-17,20H,2-4,7-8H2,1H3,(H,34,37)(H,35,38)(H,36,39)/b33-17+. The molecule has 3 amide bonds. The number of rotatable bonds is 8. The van der Waals surface area contributed by atoms with E-state index in [9.17, 15) is 19.2 Å². The van der Waals surface area contributed by atoms with Gasteiger partial charge in [0.2, 0.25) is 0 Å². The number of carbonyl (C=O) groups is 4. The number of amides is 3. The third kappa shape index (κ3) is 8.08. The average molecular weight is 611 g/mol. The number of carbonyl (C=O) groups excluding carboxylic acids is 4. The lowest BCUT2D eigenvalue weighted by Crippen LogP contribution is -2.37. The largest absolute Gasteiger partial charge is 0.493 e. The molecule has 3 N–H and O–H groups in total. The van der Waals surface area contributed by atoms with Crippen LogP contribution < -0.4 is 25.5 Å². The summed E-state index contributed by atoms with van der Waals surface area (Å²) in [5.74, 6) is -2.64. The van der Waals surface area contributed by atoms with Gasteiger partial charge in [-0.25, -0.2) is 10.2 Å². The van der Waals surface area contributed by atoms with Crippen molar-refractivity contribution in [2.45, 2.75) is 38.1 Å². The molecule has 0 atom stereocenters. The second kappa shape index (κ2) is 14.5. The van der Waals surface area contributed by atoms with Crippen molar-refractivity contribution < 1.29 is 28.7 Å². The van der Waals surface area contributed by atoms with Crippen LogP contribution in [0.4, 0.5) is 5.69 Å². The fraction of sp³-hybridized carbons (Fsp3) is 0.233. The van der Waals surface area contributed by atoms with Gasteiger partial charge in [-0.1, -0.05) is 54.6 Å². The van der Waals surface area contributed by atoms with Crippen LogP contribution in [0.3, 0.4) is 0 Å². The van der Waals surface area contributed by atoms with Crippen molar-refractivity contribution in [2.24, 2.45) is 5.10 Å². The number of nitrogens with zero attached hydrogens (tertiary/aromatic N) is 1. The molecule has 3 aromatic carbocycles. The highest BCUT2D eigenvalue weighted by Gasteiger charge is 2.21. The molecule has 1 aliphatic rings. The number of hydrazone groups is 1. The monoisotopic (exact) mass is 610 g/mol. The number of methoxy groups -OCH3 is 1. The van der Waals surface area contributed by atoms with Crippen molar-refractivity contribution in [3.05, 3.63) is 87.4 Å². The normalized spacial score (nSPS) is 13.3. The number of hydrogen-bond acceptors (Lipinski definition) is 7. The van der Waals surface area contributed by atoms with Crippen LogP contribution in [0.5, 0.6) is 11.5 Å². The van der Waals surface area contributed by atoms with E-state index in [1.807, 2.05) is 0 Å². The summed E-state index contributed by atoms with van der Waals surface area (Å²) in [7, 11) is 1.39. The molecule has 0 unspecified atom stereocenters. The number of nitrogens with one attached hydrogen (secondary N) is 3. The van der Waals surface area contributed by atoms with Crippen molar-refractivity contribution in [1.82, 2.24) is 10.7 Å². The summed E-state index contributed by atoms with van der Waals surface area (Å²) in [6, 6.07) is 15.5. The topological polar surface area (TPSA) is 135 Å². The maximum Gasteiger partial charge on any atom is 0.343 e. The summed E-state index contributed by atoms with van der Waals surface area (Å²) in [6.07, 6.45) is 6.40. The fourth-order valence-electron chi connectivity index (χ4n) is 4.33. The minimum absolute atomic E-state index is 0.0926. The first-order valence-electron chi connectivity index (χ1n) is 13.1. The first-order valence-corrected chi connectivity index (χ1v) is 13.9. The summed E-state index contributed by atoms with van der Waals surface area (Å²) in [5.41, 5.74) is 3.30. The molecule has 218 valence electrons. The van der Waals surface area contributed by atoms with E-state index in [0.717, 1.165) is 32.1 Å². The molecule has 0 saturated heterocycles. The SMILES string of the molecule is COc1cc(/C=N/NC(=O)C(=O)Nc2ccccc2C(=O)NC2CCCCC2)ccc1OC(=O)c1ccc(Cl)c(Cl)c1. The zero-order valence-corrected chi connectivity index (χ0v) is 24.1. The summed E-state index contributed by atoms with van der Waals surface area (Å²) in [4.78, 5) is 50.2. The van der Waals surface area contributed by atoms with E-state index in [2.05, 4.69) is 21.2 Å². The fourth-order valence-corrected chi connectivity index (χ4v) is 4.62. The number of esters is 1. The molecule has 0 spiro atoms. The van der Waals surface area contributed by atoms with Crippen molar-refractivity contribution in [2.75, 3.05) is 12.4 Å². The van der Waals surface area contributed by atoms with Crippen LogP contribution in [0.15, 0.2) is 65.8 Å². The number of anilines is 1. The second-order valence-electron chi connectivity index (χ2n) is 9.44. The van der Waals surface area contributed by atoms with Crippen LogP contribution in [0, 0.1) is 0 Å². The lowest BCUT2D eigenvalue weighted by Gasteiger charge is -2.23. The third-order valence-electron chi connectivity index (χ3n) is 6.49. The zero-order valence-electron chi connectivity index (χ0n) is 22.6. The number of ether oxygens (including phenoxy) is 2. The third-order valence-corrected chi connectivity index (χ3v) is 7.23. The van der Waals surface area contributed by atoms with E-state index in [-0.39, 0.29) is 45.3 Å². The van der Waals surface area contributed by atoms with Crippen molar-refractivity contribution in [3.8, 4) is 11.5 Å². The van der Waals surface area contributed by atoms with Crippen LogP contribution in [0.25, 0.3) is 0 Å². The Bertz CT molecular complexity index is 1520. The summed E-state index contributed by atoms with van der Waals surface area (Å²) >= 11 is 11.9. The second-order valence-corrected chi connectivity index (χ2v) is 10.3. The van der Waals surface area contributed by atoms with Crippen LogP contribution in [-0.2, 0) is 9.59 Å². The quantitative estimate of drug-likeness (QED) is 0.103. The van der Waals surface area contributed by atoms with Gasteiger partial charge < -0.3 is 20.1 Å². The molecule has 1 aliphatic carbocycles. The Balaban J connectivity index is 1.34. The maximum atomic E-state index is 12.8. The minimum Gasteiger partial charge on any atom is -0.493 e. The Kier molecular flexibility index (Phi) is 10.5. The lowest BCUT2D eigenvalue weighted by atomic mass is 9.95. The number of hydrogen-bond donors (Lipinski definition) is 3. The van der Waals surface area contributed by atoms with Gasteiger partial charge in [0.25, 0.3) is 5.91 Å². The summed E-state index contributed by atoms with van der Waals surface area (Å²) in [5, 5.41) is 9.81. The van der Waals surface area contributed by atoms with Gasteiger partial charge in [-0.05, 0) is 66.9 Å². The van der Waals surface area contributed by atoms with Gasteiger partial charge in [0.05, 0.1) is 40.2 Å². The molecular formula is C30H28Cl2N4O6.